The number of carbonyl (C=O) groups is 1. The topological polar surface area (TPSA) is 52.6 Å². The molecule has 0 aromatic rings. The number of likely N-dealkylation sites (N-methyl/N-ethyl adjacent to an activating group) is 1. The minimum Gasteiger partial charge on any atom is -0.391 e. The molecule has 1 saturated carbocycles. The second-order valence-corrected chi connectivity index (χ2v) is 4.61. The number of nitrogens with zero attached hydrogens (tertiary/aromatic N) is 1. The summed E-state index contributed by atoms with van der Waals surface area (Å²) in [6.07, 6.45) is 3.50. The second kappa shape index (κ2) is 5.47. The van der Waals surface area contributed by atoms with Crippen LogP contribution >= 0.6 is 0 Å². The summed E-state index contributed by atoms with van der Waals surface area (Å²) in [6.45, 7) is 1.87. The molecule has 0 saturated heterocycles. The highest BCUT2D eigenvalue weighted by Crippen LogP contribution is 2.18. The highest BCUT2D eigenvalue weighted by atomic mass is 16.3. The molecule has 1 amide bonds. The van der Waals surface area contributed by atoms with Gasteiger partial charge in [0.15, 0.2) is 0 Å². The molecule has 2 N–H and O–H groups in total. The van der Waals surface area contributed by atoms with Gasteiger partial charge in [-0.25, -0.2) is 0 Å². The highest BCUT2D eigenvalue weighted by Gasteiger charge is 2.26. The van der Waals surface area contributed by atoms with Crippen LogP contribution in [0.3, 0.4) is 0 Å². The molecule has 1 aliphatic carbocycles. The quantitative estimate of drug-likeness (QED) is 0.713. The Kier molecular flexibility index (Phi) is 4.54. The molecule has 1 aliphatic rings. The van der Waals surface area contributed by atoms with Crippen molar-refractivity contribution in [3.63, 3.8) is 0 Å². The first-order chi connectivity index (χ1) is 7.02. The molecular weight excluding hydrogens is 192 g/mol. The van der Waals surface area contributed by atoms with Gasteiger partial charge in [0.1, 0.15) is 0 Å². The Bertz CT molecular complexity index is 219. The third kappa shape index (κ3) is 3.47. The average Bonchev–Trinajstić information content (AvgIpc) is 2.20. The van der Waals surface area contributed by atoms with E-state index in [-0.39, 0.29) is 24.1 Å². The Balaban J connectivity index is 2.42. The van der Waals surface area contributed by atoms with Crippen molar-refractivity contribution < 1.29 is 9.90 Å². The van der Waals surface area contributed by atoms with Crippen LogP contribution in [-0.2, 0) is 4.79 Å². The molecule has 0 aliphatic heterocycles. The summed E-state index contributed by atoms with van der Waals surface area (Å²) in [5.74, 6) is 0.00551. The van der Waals surface area contributed by atoms with Crippen molar-refractivity contribution in [3.8, 4) is 0 Å². The molecular formula is C11H22N2O2. The predicted octanol–water partition coefficient (Wildman–Crippen LogP) is 0.356. The van der Waals surface area contributed by atoms with Crippen molar-refractivity contribution >= 4 is 5.91 Å². The fourth-order valence-corrected chi connectivity index (χ4v) is 1.82. The van der Waals surface area contributed by atoms with Crippen LogP contribution in [0.1, 0.15) is 32.6 Å². The van der Waals surface area contributed by atoms with E-state index in [9.17, 15) is 9.90 Å². The van der Waals surface area contributed by atoms with E-state index in [1.807, 2.05) is 25.9 Å². The third-order valence-electron chi connectivity index (χ3n) is 3.21. The van der Waals surface area contributed by atoms with Crippen LogP contribution in [0.25, 0.3) is 0 Å². The monoisotopic (exact) mass is 214 g/mol. The van der Waals surface area contributed by atoms with Gasteiger partial charge in [-0.15, -0.1) is 0 Å². The summed E-state index contributed by atoms with van der Waals surface area (Å²) in [4.78, 5) is 13.6. The van der Waals surface area contributed by atoms with Crippen LogP contribution in [0.4, 0.5) is 0 Å². The molecule has 0 aromatic heterocycles. The first-order valence-electron chi connectivity index (χ1n) is 5.67. The lowest BCUT2D eigenvalue weighted by Crippen LogP contribution is -2.50. The lowest BCUT2D eigenvalue weighted by molar-refractivity contribution is -0.127. The SMILES string of the molecule is C[C@@H](C(=O)NC1CCCCC1O)N(C)C. The van der Waals surface area contributed by atoms with Crippen LogP contribution in [-0.4, -0.2) is 48.2 Å². The zero-order valence-corrected chi connectivity index (χ0v) is 9.86. The van der Waals surface area contributed by atoms with Gasteiger partial charge in [0.05, 0.1) is 18.2 Å². The molecule has 0 radical (unpaired) electrons. The van der Waals surface area contributed by atoms with Gasteiger partial charge in [-0.2, -0.15) is 0 Å². The van der Waals surface area contributed by atoms with Gasteiger partial charge >= 0.3 is 0 Å². The number of aliphatic hydroxyl groups is 1. The number of amides is 1. The molecule has 88 valence electrons. The number of aliphatic hydroxyl groups excluding tert-OH is 1. The summed E-state index contributed by atoms with van der Waals surface area (Å²) < 4.78 is 0. The molecule has 0 heterocycles. The Labute approximate surface area is 91.6 Å². The zero-order chi connectivity index (χ0) is 11.4. The molecule has 0 aromatic carbocycles. The van der Waals surface area contributed by atoms with E-state index in [1.54, 1.807) is 0 Å². The van der Waals surface area contributed by atoms with Crippen molar-refractivity contribution in [2.24, 2.45) is 0 Å². The smallest absolute Gasteiger partial charge is 0.237 e. The normalized spacial score (nSPS) is 28.9. The molecule has 0 spiro atoms. The van der Waals surface area contributed by atoms with Gasteiger partial charge in [-0.1, -0.05) is 12.8 Å². The van der Waals surface area contributed by atoms with Crippen molar-refractivity contribution in [2.45, 2.75) is 50.8 Å². The van der Waals surface area contributed by atoms with Crippen LogP contribution in [0.15, 0.2) is 0 Å². The average molecular weight is 214 g/mol. The lowest BCUT2D eigenvalue weighted by Gasteiger charge is -2.30. The first kappa shape index (κ1) is 12.5. The predicted molar refractivity (Wildman–Crippen MR) is 59.6 cm³/mol. The molecule has 2 unspecified atom stereocenters. The number of hydrogen-bond acceptors (Lipinski definition) is 3. The molecule has 1 fully saturated rings. The van der Waals surface area contributed by atoms with Gasteiger partial charge < -0.3 is 10.4 Å². The van der Waals surface area contributed by atoms with E-state index in [1.165, 1.54) is 0 Å². The standard InChI is InChI=1S/C11H22N2O2/c1-8(13(2)3)11(15)12-9-6-4-5-7-10(9)14/h8-10,14H,4-7H2,1-3H3,(H,12,15)/t8-,9?,10?/m0/s1. The third-order valence-corrected chi connectivity index (χ3v) is 3.21. The Morgan fingerprint density at radius 1 is 1.40 bits per heavy atom. The van der Waals surface area contributed by atoms with Crippen molar-refractivity contribution in [2.75, 3.05) is 14.1 Å². The largest absolute Gasteiger partial charge is 0.391 e. The van der Waals surface area contributed by atoms with Crippen LogP contribution < -0.4 is 5.32 Å². The second-order valence-electron chi connectivity index (χ2n) is 4.61. The van der Waals surface area contributed by atoms with Crippen LogP contribution in [0, 0.1) is 0 Å². The Morgan fingerprint density at radius 2 is 2.00 bits per heavy atom. The summed E-state index contributed by atoms with van der Waals surface area (Å²) in [5.41, 5.74) is 0. The summed E-state index contributed by atoms with van der Waals surface area (Å²) >= 11 is 0. The summed E-state index contributed by atoms with van der Waals surface area (Å²) in [7, 11) is 3.75. The number of carbonyl (C=O) groups excluding carboxylic acids is 1. The van der Waals surface area contributed by atoms with Gasteiger partial charge in [-0.05, 0) is 33.9 Å². The van der Waals surface area contributed by atoms with Crippen LogP contribution in [0.5, 0.6) is 0 Å². The summed E-state index contributed by atoms with van der Waals surface area (Å²) in [5, 5.41) is 12.6. The molecule has 4 nitrogen and oxygen atoms in total. The van der Waals surface area contributed by atoms with E-state index in [4.69, 9.17) is 0 Å². The molecule has 0 bridgehead atoms. The first-order valence-corrected chi connectivity index (χ1v) is 5.67. The maximum atomic E-state index is 11.7. The van der Waals surface area contributed by atoms with E-state index < -0.39 is 0 Å². The number of hydrogen-bond donors (Lipinski definition) is 2. The van der Waals surface area contributed by atoms with E-state index in [0.717, 1.165) is 25.7 Å². The van der Waals surface area contributed by atoms with E-state index in [0.29, 0.717) is 0 Å². The van der Waals surface area contributed by atoms with Gasteiger partial charge in [0.2, 0.25) is 5.91 Å². The number of nitrogens with one attached hydrogen (secondary N) is 1. The van der Waals surface area contributed by atoms with Crippen molar-refractivity contribution in [1.29, 1.82) is 0 Å². The molecule has 15 heavy (non-hydrogen) atoms. The van der Waals surface area contributed by atoms with E-state index >= 15 is 0 Å². The van der Waals surface area contributed by atoms with Crippen LogP contribution in [0.2, 0.25) is 0 Å². The summed E-state index contributed by atoms with van der Waals surface area (Å²) in [6, 6.07) is -0.187. The zero-order valence-electron chi connectivity index (χ0n) is 9.86. The van der Waals surface area contributed by atoms with Crippen molar-refractivity contribution in [1.82, 2.24) is 10.2 Å². The minimum atomic E-state index is -0.364. The minimum absolute atomic E-state index is 0.00551. The fraction of sp³-hybridized carbons (Fsp3) is 0.909. The molecule has 3 atom stereocenters. The fourth-order valence-electron chi connectivity index (χ4n) is 1.82. The van der Waals surface area contributed by atoms with Gasteiger partial charge in [-0.3, -0.25) is 9.69 Å². The Morgan fingerprint density at radius 3 is 2.53 bits per heavy atom. The highest BCUT2D eigenvalue weighted by molar-refractivity contribution is 5.81. The maximum absolute atomic E-state index is 11.7. The van der Waals surface area contributed by atoms with Gasteiger partial charge in [0.25, 0.3) is 0 Å². The maximum Gasteiger partial charge on any atom is 0.237 e. The number of rotatable bonds is 3. The molecule has 1 rings (SSSR count). The lowest BCUT2D eigenvalue weighted by atomic mass is 9.92. The Hall–Kier alpha value is -0.610. The van der Waals surface area contributed by atoms with Gasteiger partial charge in [0, 0.05) is 0 Å². The van der Waals surface area contributed by atoms with E-state index in [2.05, 4.69) is 5.32 Å². The van der Waals surface area contributed by atoms with Crippen molar-refractivity contribution in [3.05, 3.63) is 0 Å². The molecule has 4 heteroatoms.